The number of hydrogen-bond donors (Lipinski definition) is 2. The van der Waals surface area contributed by atoms with Crippen molar-refractivity contribution >= 4 is 51.7 Å². The molecule has 2 amide bonds. The first-order valence-electron chi connectivity index (χ1n) is 6.21. The molecular formula is C12H10ClF3N4OS2. The highest BCUT2D eigenvalue weighted by molar-refractivity contribution is 7.99. The van der Waals surface area contributed by atoms with Gasteiger partial charge >= 0.3 is 12.2 Å². The second kappa shape index (κ2) is 7.37. The Bertz CT molecular complexity index is 708. The lowest BCUT2D eigenvalue weighted by atomic mass is 10.1. The monoisotopic (exact) mass is 382 g/mol. The number of anilines is 2. The molecule has 0 fully saturated rings. The van der Waals surface area contributed by atoms with Gasteiger partial charge < -0.3 is 5.32 Å². The minimum atomic E-state index is -4.64. The Morgan fingerprint density at radius 1 is 1.39 bits per heavy atom. The van der Waals surface area contributed by atoms with Gasteiger partial charge in [0, 0.05) is 16.6 Å². The predicted molar refractivity (Wildman–Crippen MR) is 85.4 cm³/mol. The summed E-state index contributed by atoms with van der Waals surface area (Å²) in [6.45, 7) is 1.92. The summed E-state index contributed by atoms with van der Waals surface area (Å²) in [5.41, 5.74) is -1.42. The molecule has 0 aliphatic carbocycles. The molecule has 23 heavy (non-hydrogen) atoms. The molecule has 0 bridgehead atoms. The molecule has 2 N–H and O–H groups in total. The van der Waals surface area contributed by atoms with E-state index < -0.39 is 23.5 Å². The van der Waals surface area contributed by atoms with Gasteiger partial charge in [-0.2, -0.15) is 22.5 Å². The van der Waals surface area contributed by atoms with Gasteiger partial charge in [-0.25, -0.2) is 4.79 Å². The van der Waals surface area contributed by atoms with Crippen molar-refractivity contribution < 1.29 is 18.0 Å². The average Bonchev–Trinajstić information content (AvgIpc) is 2.87. The number of carbonyl (C=O) groups excluding carboxylic acids is 1. The zero-order valence-corrected chi connectivity index (χ0v) is 14.0. The van der Waals surface area contributed by atoms with E-state index in [4.69, 9.17) is 11.6 Å². The average molecular weight is 383 g/mol. The van der Waals surface area contributed by atoms with Gasteiger partial charge in [-0.15, -0.1) is 0 Å². The van der Waals surface area contributed by atoms with E-state index in [9.17, 15) is 18.0 Å². The van der Waals surface area contributed by atoms with E-state index >= 15 is 0 Å². The molecule has 0 radical (unpaired) electrons. The van der Waals surface area contributed by atoms with Crippen molar-refractivity contribution in [3.63, 3.8) is 0 Å². The van der Waals surface area contributed by atoms with Crippen LogP contribution >= 0.6 is 34.9 Å². The summed E-state index contributed by atoms with van der Waals surface area (Å²) in [6, 6.07) is 2.25. The van der Waals surface area contributed by atoms with Crippen LogP contribution in [0.15, 0.2) is 23.4 Å². The number of alkyl halides is 3. The highest BCUT2D eigenvalue weighted by Crippen LogP contribution is 2.36. The van der Waals surface area contributed by atoms with Gasteiger partial charge in [0.05, 0.1) is 11.3 Å². The molecule has 1 aromatic carbocycles. The molecular weight excluding hydrogens is 373 g/mol. The number of carbonyl (C=O) groups is 1. The zero-order chi connectivity index (χ0) is 17.0. The highest BCUT2D eigenvalue weighted by Gasteiger charge is 2.34. The van der Waals surface area contributed by atoms with Crippen LogP contribution in [0.2, 0.25) is 5.02 Å². The normalized spacial score (nSPS) is 11.3. The lowest BCUT2D eigenvalue weighted by Crippen LogP contribution is -2.21. The Balaban J connectivity index is 2.10. The summed E-state index contributed by atoms with van der Waals surface area (Å²) in [7, 11) is 0. The summed E-state index contributed by atoms with van der Waals surface area (Å²) in [4.78, 5) is 15.8. The van der Waals surface area contributed by atoms with E-state index in [0.29, 0.717) is 5.16 Å². The third-order valence-corrected chi connectivity index (χ3v) is 4.15. The minimum absolute atomic E-state index is 0.0753. The number of urea groups is 1. The van der Waals surface area contributed by atoms with Crippen LogP contribution in [0.25, 0.3) is 0 Å². The van der Waals surface area contributed by atoms with Gasteiger partial charge in [0.1, 0.15) is 0 Å². The highest BCUT2D eigenvalue weighted by atomic mass is 35.5. The number of amides is 2. The van der Waals surface area contributed by atoms with Crippen LogP contribution in [0.1, 0.15) is 12.5 Å². The molecule has 1 heterocycles. The molecule has 0 spiro atoms. The number of halogens is 4. The fraction of sp³-hybridized carbons (Fsp3) is 0.250. The zero-order valence-electron chi connectivity index (χ0n) is 11.6. The van der Waals surface area contributed by atoms with Gasteiger partial charge in [-0.1, -0.05) is 30.3 Å². The molecule has 124 valence electrons. The predicted octanol–water partition coefficient (Wildman–Crippen LogP) is 4.97. The number of aromatic nitrogens is 2. The van der Waals surface area contributed by atoms with E-state index in [1.54, 1.807) is 0 Å². The van der Waals surface area contributed by atoms with Crippen molar-refractivity contribution in [2.24, 2.45) is 0 Å². The molecule has 0 aliphatic heterocycles. The number of hydrogen-bond acceptors (Lipinski definition) is 5. The topological polar surface area (TPSA) is 66.9 Å². The van der Waals surface area contributed by atoms with Gasteiger partial charge in [0.2, 0.25) is 10.3 Å². The van der Waals surface area contributed by atoms with Crippen molar-refractivity contribution in [1.29, 1.82) is 0 Å². The Kier molecular flexibility index (Phi) is 5.71. The summed E-state index contributed by atoms with van der Waals surface area (Å²) in [5.74, 6) is 0.766. The van der Waals surface area contributed by atoms with Gasteiger partial charge in [-0.3, -0.25) is 5.32 Å². The third-order valence-electron chi connectivity index (χ3n) is 2.44. The maximum Gasteiger partial charge on any atom is 0.418 e. The van der Waals surface area contributed by atoms with Crippen molar-refractivity contribution in [2.45, 2.75) is 18.3 Å². The standard InChI is InChI=1S/C12H10ClF3N4OS2/c1-2-22-11-19-10(23-20-11)18-9(21)17-8-4-3-6(13)5-7(8)12(14,15)16/h3-5H,2H2,1H3,(H2,17,18,19,20,21). The van der Waals surface area contributed by atoms with Crippen LogP contribution in [-0.4, -0.2) is 21.1 Å². The Hall–Kier alpha value is -1.52. The first-order valence-corrected chi connectivity index (χ1v) is 8.34. The lowest BCUT2D eigenvalue weighted by Gasteiger charge is -2.14. The first kappa shape index (κ1) is 17.8. The van der Waals surface area contributed by atoms with Crippen LogP contribution in [0, 0.1) is 0 Å². The first-order chi connectivity index (χ1) is 10.8. The second-order valence-corrected chi connectivity index (χ2v) is 6.50. The number of rotatable bonds is 4. The van der Waals surface area contributed by atoms with Gasteiger partial charge in [0.15, 0.2) is 0 Å². The third kappa shape index (κ3) is 4.98. The lowest BCUT2D eigenvalue weighted by molar-refractivity contribution is -0.136. The Morgan fingerprint density at radius 2 is 2.13 bits per heavy atom. The molecule has 2 rings (SSSR count). The quantitative estimate of drug-likeness (QED) is 0.733. The summed E-state index contributed by atoms with van der Waals surface area (Å²) >= 11 is 7.91. The van der Waals surface area contributed by atoms with E-state index in [0.717, 1.165) is 29.4 Å². The molecule has 11 heteroatoms. The van der Waals surface area contributed by atoms with Crippen LogP contribution in [-0.2, 0) is 6.18 Å². The largest absolute Gasteiger partial charge is 0.418 e. The second-order valence-electron chi connectivity index (χ2n) is 4.08. The molecule has 0 atom stereocenters. The molecule has 0 saturated carbocycles. The number of nitrogens with one attached hydrogen (secondary N) is 2. The van der Waals surface area contributed by atoms with E-state index in [2.05, 4.69) is 20.0 Å². The summed E-state index contributed by atoms with van der Waals surface area (Å²) < 4.78 is 42.8. The van der Waals surface area contributed by atoms with E-state index in [1.807, 2.05) is 6.92 Å². The molecule has 0 aliphatic rings. The number of benzene rings is 1. The fourth-order valence-electron chi connectivity index (χ4n) is 1.56. The van der Waals surface area contributed by atoms with Crippen LogP contribution in [0.5, 0.6) is 0 Å². The van der Waals surface area contributed by atoms with E-state index in [1.165, 1.54) is 17.8 Å². The van der Waals surface area contributed by atoms with Crippen molar-refractivity contribution in [3.05, 3.63) is 28.8 Å². The molecule has 5 nitrogen and oxygen atoms in total. The van der Waals surface area contributed by atoms with Gasteiger partial charge in [0.25, 0.3) is 0 Å². The smallest absolute Gasteiger partial charge is 0.307 e. The number of thioether (sulfide) groups is 1. The van der Waals surface area contributed by atoms with Gasteiger partial charge in [-0.05, 0) is 24.0 Å². The maximum atomic E-state index is 12.9. The SMILES string of the molecule is CCSc1nsc(NC(=O)Nc2ccc(Cl)cc2C(F)(F)F)n1. The maximum absolute atomic E-state index is 12.9. The van der Waals surface area contributed by atoms with Crippen LogP contribution < -0.4 is 10.6 Å². The number of nitrogens with zero attached hydrogens (tertiary/aromatic N) is 2. The van der Waals surface area contributed by atoms with Crippen molar-refractivity contribution in [2.75, 3.05) is 16.4 Å². The molecule has 1 aromatic heterocycles. The Morgan fingerprint density at radius 3 is 2.78 bits per heavy atom. The molecule has 0 saturated heterocycles. The van der Waals surface area contributed by atoms with Crippen molar-refractivity contribution in [1.82, 2.24) is 9.36 Å². The van der Waals surface area contributed by atoms with Crippen LogP contribution in [0.4, 0.5) is 28.8 Å². The fourth-order valence-corrected chi connectivity index (χ4v) is 3.00. The summed E-state index contributed by atoms with van der Waals surface area (Å²) in [5, 5.41) is 5.10. The van der Waals surface area contributed by atoms with Crippen molar-refractivity contribution in [3.8, 4) is 0 Å². The molecule has 2 aromatic rings. The Labute approximate surface area is 142 Å². The summed E-state index contributed by atoms with van der Waals surface area (Å²) in [6.07, 6.45) is -4.64. The molecule has 0 unspecified atom stereocenters. The van der Waals surface area contributed by atoms with E-state index in [-0.39, 0.29) is 10.2 Å². The minimum Gasteiger partial charge on any atom is -0.307 e. The van der Waals surface area contributed by atoms with Crippen LogP contribution in [0.3, 0.4) is 0 Å².